The molecule has 0 aliphatic carbocycles. The third kappa shape index (κ3) is 3.45. The summed E-state index contributed by atoms with van der Waals surface area (Å²) in [5, 5.41) is 5.63. The Kier molecular flexibility index (Phi) is 4.40. The molecular formula is C15H13ClN2O3S. The maximum atomic E-state index is 12.1. The Hall–Kier alpha value is -1.92. The van der Waals surface area contributed by atoms with Crippen LogP contribution in [0.3, 0.4) is 0 Å². The summed E-state index contributed by atoms with van der Waals surface area (Å²) in [6.45, 7) is 0.317. The topological polar surface area (TPSA) is 71.3 Å². The van der Waals surface area contributed by atoms with Gasteiger partial charge in [0.1, 0.15) is 5.76 Å². The molecule has 1 unspecified atom stereocenters. The maximum Gasteiger partial charge on any atom is 0.238 e. The highest BCUT2D eigenvalue weighted by molar-refractivity contribution is 8.01. The second-order valence-electron chi connectivity index (χ2n) is 4.80. The first-order valence-electron chi connectivity index (χ1n) is 6.68. The number of anilines is 1. The fraction of sp³-hybridized carbons (Fsp3) is 0.200. The average Bonchev–Trinajstić information content (AvgIpc) is 2.99. The summed E-state index contributed by atoms with van der Waals surface area (Å²) in [4.78, 5) is 24.9. The highest BCUT2D eigenvalue weighted by Crippen LogP contribution is 2.38. The first kappa shape index (κ1) is 15.0. The summed E-state index contributed by atoms with van der Waals surface area (Å²) in [5.41, 5.74) is 0.690. The van der Waals surface area contributed by atoms with Gasteiger partial charge in [-0.25, -0.2) is 0 Å². The summed E-state index contributed by atoms with van der Waals surface area (Å²) in [7, 11) is 0. The van der Waals surface area contributed by atoms with Crippen LogP contribution < -0.4 is 10.6 Å². The molecule has 0 fully saturated rings. The van der Waals surface area contributed by atoms with Crippen LogP contribution in [0.4, 0.5) is 5.69 Å². The number of amides is 2. The Balaban J connectivity index is 1.59. The Labute approximate surface area is 136 Å². The number of benzene rings is 1. The molecule has 2 heterocycles. The number of nitrogens with one attached hydrogen (secondary N) is 2. The number of fused-ring (bicyclic) bond motifs is 1. The van der Waals surface area contributed by atoms with Crippen molar-refractivity contribution in [2.24, 2.45) is 0 Å². The first-order chi connectivity index (χ1) is 10.6. The molecule has 0 bridgehead atoms. The van der Waals surface area contributed by atoms with Gasteiger partial charge >= 0.3 is 0 Å². The first-order valence-corrected chi connectivity index (χ1v) is 7.94. The number of hydrogen-bond acceptors (Lipinski definition) is 4. The summed E-state index contributed by atoms with van der Waals surface area (Å²) in [6, 6.07) is 8.85. The molecule has 1 aromatic carbocycles. The Morgan fingerprint density at radius 3 is 3.05 bits per heavy atom. The third-order valence-corrected chi connectivity index (χ3v) is 4.68. The monoisotopic (exact) mass is 336 g/mol. The van der Waals surface area contributed by atoms with Crippen molar-refractivity contribution in [3.05, 3.63) is 47.4 Å². The second-order valence-corrected chi connectivity index (χ2v) is 6.48. The summed E-state index contributed by atoms with van der Waals surface area (Å²) < 4.78 is 5.14. The number of carbonyl (C=O) groups is 2. The summed E-state index contributed by atoms with van der Waals surface area (Å²) in [6.07, 6.45) is 1.66. The van der Waals surface area contributed by atoms with Gasteiger partial charge < -0.3 is 15.1 Å². The highest BCUT2D eigenvalue weighted by Gasteiger charge is 2.29. The highest BCUT2D eigenvalue weighted by atomic mass is 35.5. The second kappa shape index (κ2) is 6.46. The molecule has 1 aliphatic rings. The molecule has 2 N–H and O–H groups in total. The molecule has 1 aliphatic heterocycles. The number of rotatable bonds is 4. The van der Waals surface area contributed by atoms with Crippen LogP contribution >= 0.6 is 23.4 Å². The van der Waals surface area contributed by atoms with Gasteiger partial charge in [0, 0.05) is 16.3 Å². The van der Waals surface area contributed by atoms with Crippen LogP contribution in [-0.4, -0.2) is 17.1 Å². The molecule has 3 rings (SSSR count). The molecule has 2 aromatic rings. The lowest BCUT2D eigenvalue weighted by molar-refractivity contribution is -0.124. The van der Waals surface area contributed by atoms with Crippen LogP contribution in [0.15, 0.2) is 45.9 Å². The fourth-order valence-corrected chi connectivity index (χ4v) is 3.36. The van der Waals surface area contributed by atoms with Gasteiger partial charge in [0.05, 0.1) is 23.7 Å². The van der Waals surface area contributed by atoms with Crippen LogP contribution in [-0.2, 0) is 16.1 Å². The summed E-state index contributed by atoms with van der Waals surface area (Å²) >= 11 is 7.27. The van der Waals surface area contributed by atoms with E-state index in [2.05, 4.69) is 10.6 Å². The quantitative estimate of drug-likeness (QED) is 0.900. The summed E-state index contributed by atoms with van der Waals surface area (Å²) in [5.74, 6) is 0.295. The molecule has 1 aromatic heterocycles. The van der Waals surface area contributed by atoms with Crippen molar-refractivity contribution in [2.45, 2.75) is 23.1 Å². The standard InChI is InChI=1S/C15H13ClN2O3S/c16-9-3-4-12-11(6-9)18-15(20)13(22-12)7-14(19)17-8-10-2-1-5-21-10/h1-6,13H,7-8H2,(H,17,19)(H,18,20). The number of thioether (sulfide) groups is 1. The van der Waals surface area contributed by atoms with Crippen LogP contribution in [0.25, 0.3) is 0 Å². The SMILES string of the molecule is O=C(CC1Sc2ccc(Cl)cc2NC1=O)NCc1ccco1. The van der Waals surface area contributed by atoms with E-state index in [4.69, 9.17) is 16.0 Å². The molecule has 7 heteroatoms. The van der Waals surface area contributed by atoms with Gasteiger partial charge in [0.2, 0.25) is 11.8 Å². The van der Waals surface area contributed by atoms with Gasteiger partial charge in [-0.2, -0.15) is 0 Å². The lowest BCUT2D eigenvalue weighted by atomic mass is 10.2. The molecule has 2 amide bonds. The van der Waals surface area contributed by atoms with Gasteiger partial charge in [-0.15, -0.1) is 11.8 Å². The number of halogens is 1. The van der Waals surface area contributed by atoms with Crippen LogP contribution in [0, 0.1) is 0 Å². The number of hydrogen-bond donors (Lipinski definition) is 2. The zero-order valence-corrected chi connectivity index (χ0v) is 13.0. The predicted octanol–water partition coefficient (Wildman–Crippen LogP) is 3.05. The maximum absolute atomic E-state index is 12.1. The van der Waals surface area contributed by atoms with Crippen molar-refractivity contribution in [3.63, 3.8) is 0 Å². The van der Waals surface area contributed by atoms with E-state index in [0.717, 1.165) is 4.90 Å². The predicted molar refractivity (Wildman–Crippen MR) is 84.9 cm³/mol. The van der Waals surface area contributed by atoms with Gasteiger partial charge in [-0.3, -0.25) is 9.59 Å². The Bertz CT molecular complexity index is 703. The van der Waals surface area contributed by atoms with E-state index in [0.29, 0.717) is 23.0 Å². The normalized spacial score (nSPS) is 16.8. The van der Waals surface area contributed by atoms with E-state index in [9.17, 15) is 9.59 Å². The van der Waals surface area contributed by atoms with E-state index in [1.807, 2.05) is 6.07 Å². The minimum absolute atomic E-state index is 0.110. The molecule has 0 spiro atoms. The molecule has 0 radical (unpaired) electrons. The minimum atomic E-state index is -0.453. The van der Waals surface area contributed by atoms with Gasteiger partial charge in [0.25, 0.3) is 0 Å². The van der Waals surface area contributed by atoms with E-state index in [-0.39, 0.29) is 18.2 Å². The largest absolute Gasteiger partial charge is 0.467 e. The molecule has 1 atom stereocenters. The average molecular weight is 337 g/mol. The van der Waals surface area contributed by atoms with Crippen molar-refractivity contribution in [1.29, 1.82) is 0 Å². The molecule has 114 valence electrons. The van der Waals surface area contributed by atoms with E-state index >= 15 is 0 Å². The van der Waals surface area contributed by atoms with E-state index < -0.39 is 5.25 Å². The van der Waals surface area contributed by atoms with Crippen LogP contribution in [0.1, 0.15) is 12.2 Å². The van der Waals surface area contributed by atoms with Crippen LogP contribution in [0.5, 0.6) is 0 Å². The van der Waals surface area contributed by atoms with E-state index in [1.165, 1.54) is 11.8 Å². The Morgan fingerprint density at radius 1 is 1.41 bits per heavy atom. The lowest BCUT2D eigenvalue weighted by Gasteiger charge is -2.23. The molecule has 5 nitrogen and oxygen atoms in total. The van der Waals surface area contributed by atoms with Crippen molar-refractivity contribution < 1.29 is 14.0 Å². The zero-order chi connectivity index (χ0) is 15.5. The number of furan rings is 1. The van der Waals surface area contributed by atoms with Crippen molar-refractivity contribution in [3.8, 4) is 0 Å². The van der Waals surface area contributed by atoms with Crippen molar-refractivity contribution >= 4 is 40.9 Å². The molecular weight excluding hydrogens is 324 g/mol. The molecule has 0 saturated heterocycles. The van der Waals surface area contributed by atoms with Crippen LogP contribution in [0.2, 0.25) is 5.02 Å². The van der Waals surface area contributed by atoms with E-state index in [1.54, 1.807) is 30.5 Å². The van der Waals surface area contributed by atoms with Gasteiger partial charge in [-0.1, -0.05) is 11.6 Å². The lowest BCUT2D eigenvalue weighted by Crippen LogP contribution is -2.34. The minimum Gasteiger partial charge on any atom is -0.467 e. The Morgan fingerprint density at radius 2 is 2.27 bits per heavy atom. The molecule has 0 saturated carbocycles. The molecule has 22 heavy (non-hydrogen) atoms. The fourth-order valence-electron chi connectivity index (χ4n) is 2.10. The smallest absolute Gasteiger partial charge is 0.238 e. The van der Waals surface area contributed by atoms with Crippen molar-refractivity contribution in [1.82, 2.24) is 5.32 Å². The van der Waals surface area contributed by atoms with Gasteiger partial charge in [0.15, 0.2) is 0 Å². The number of carbonyl (C=O) groups excluding carboxylic acids is 2. The van der Waals surface area contributed by atoms with Crippen molar-refractivity contribution in [2.75, 3.05) is 5.32 Å². The van der Waals surface area contributed by atoms with Gasteiger partial charge in [-0.05, 0) is 30.3 Å². The zero-order valence-electron chi connectivity index (χ0n) is 11.5. The third-order valence-electron chi connectivity index (χ3n) is 3.17.